The third-order valence-electron chi connectivity index (χ3n) is 2.92. The van der Waals surface area contributed by atoms with Crippen LogP contribution in [0.5, 0.6) is 0 Å². The van der Waals surface area contributed by atoms with Crippen LogP contribution in [0, 0.1) is 0 Å². The van der Waals surface area contributed by atoms with Gasteiger partial charge in [0.2, 0.25) is 5.91 Å². The minimum Gasteiger partial charge on any atom is -0.378 e. The summed E-state index contributed by atoms with van der Waals surface area (Å²) in [5, 5.41) is 3.30. The molecule has 0 aromatic rings. The van der Waals surface area contributed by atoms with Crippen molar-refractivity contribution in [1.29, 1.82) is 0 Å². The van der Waals surface area contributed by atoms with Crippen molar-refractivity contribution >= 4 is 5.91 Å². The molecule has 0 bridgehead atoms. The van der Waals surface area contributed by atoms with Crippen molar-refractivity contribution in [3.63, 3.8) is 0 Å². The van der Waals surface area contributed by atoms with Crippen LogP contribution in [0.25, 0.3) is 0 Å². The third-order valence-corrected chi connectivity index (χ3v) is 2.92. The van der Waals surface area contributed by atoms with E-state index >= 15 is 0 Å². The van der Waals surface area contributed by atoms with Crippen LogP contribution in [-0.4, -0.2) is 63.4 Å². The Kier molecular flexibility index (Phi) is 10.4. The molecule has 0 aromatic carbocycles. The molecule has 1 N–H and O–H groups in total. The molecule has 0 aliphatic carbocycles. The van der Waals surface area contributed by atoms with Crippen LogP contribution >= 0.6 is 0 Å². The van der Waals surface area contributed by atoms with Crippen molar-refractivity contribution in [3.8, 4) is 0 Å². The Morgan fingerprint density at radius 1 is 1.21 bits per heavy atom. The number of ether oxygens (including phenoxy) is 2. The molecule has 1 amide bonds. The lowest BCUT2D eigenvalue weighted by Crippen LogP contribution is -2.30. The molecule has 0 spiro atoms. The lowest BCUT2D eigenvalue weighted by Gasteiger charge is -2.15. The standard InChI is InChI=1S/C14H28N2O3/c1-12(2)13(3)15-6-8-18-10-11-19-9-7-16(5)14(4)17/h13,15H,1,6-11H2,2-5H3. The van der Waals surface area contributed by atoms with Crippen molar-refractivity contribution in [2.75, 3.05) is 46.6 Å². The zero-order valence-corrected chi connectivity index (χ0v) is 12.7. The summed E-state index contributed by atoms with van der Waals surface area (Å²) < 4.78 is 10.8. The smallest absolute Gasteiger partial charge is 0.219 e. The molecular formula is C14H28N2O3. The Morgan fingerprint density at radius 2 is 1.79 bits per heavy atom. The van der Waals surface area contributed by atoms with Gasteiger partial charge in [0.05, 0.1) is 26.4 Å². The van der Waals surface area contributed by atoms with Gasteiger partial charge in [-0.15, -0.1) is 0 Å². The van der Waals surface area contributed by atoms with Crippen LogP contribution in [0.15, 0.2) is 12.2 Å². The van der Waals surface area contributed by atoms with E-state index in [0.717, 1.165) is 12.1 Å². The molecule has 1 unspecified atom stereocenters. The molecule has 5 nitrogen and oxygen atoms in total. The number of rotatable bonds is 11. The first-order chi connectivity index (χ1) is 8.95. The van der Waals surface area contributed by atoms with Crippen LogP contribution in [0.1, 0.15) is 20.8 Å². The summed E-state index contributed by atoms with van der Waals surface area (Å²) in [5.41, 5.74) is 1.12. The van der Waals surface area contributed by atoms with E-state index in [0.29, 0.717) is 39.0 Å². The van der Waals surface area contributed by atoms with Gasteiger partial charge >= 0.3 is 0 Å². The summed E-state index contributed by atoms with van der Waals surface area (Å²) in [6.45, 7) is 13.3. The van der Waals surface area contributed by atoms with Gasteiger partial charge in [-0.3, -0.25) is 4.79 Å². The first-order valence-corrected chi connectivity index (χ1v) is 6.71. The SMILES string of the molecule is C=C(C)C(C)NCCOCCOCCN(C)C(C)=O. The maximum atomic E-state index is 10.9. The lowest BCUT2D eigenvalue weighted by molar-refractivity contribution is -0.128. The summed E-state index contributed by atoms with van der Waals surface area (Å²) in [6, 6.07) is 0.321. The molecule has 112 valence electrons. The van der Waals surface area contributed by atoms with Crippen molar-refractivity contribution in [2.45, 2.75) is 26.8 Å². The first kappa shape index (κ1) is 18.1. The predicted octanol–water partition coefficient (Wildman–Crippen LogP) is 1.05. The summed E-state index contributed by atoms with van der Waals surface area (Å²) >= 11 is 0. The second-order valence-corrected chi connectivity index (χ2v) is 4.69. The quantitative estimate of drug-likeness (QED) is 0.451. The molecule has 0 aromatic heterocycles. The largest absolute Gasteiger partial charge is 0.378 e. The van der Waals surface area contributed by atoms with Gasteiger partial charge in [0, 0.05) is 33.1 Å². The van der Waals surface area contributed by atoms with E-state index in [2.05, 4.69) is 18.8 Å². The van der Waals surface area contributed by atoms with Gasteiger partial charge in [-0.25, -0.2) is 0 Å². The molecule has 0 radical (unpaired) electrons. The third kappa shape index (κ3) is 10.7. The van der Waals surface area contributed by atoms with Gasteiger partial charge in [-0.2, -0.15) is 0 Å². The van der Waals surface area contributed by atoms with E-state index in [1.807, 2.05) is 6.92 Å². The van der Waals surface area contributed by atoms with E-state index in [1.54, 1.807) is 18.9 Å². The van der Waals surface area contributed by atoms with Gasteiger partial charge in [-0.1, -0.05) is 12.2 Å². The van der Waals surface area contributed by atoms with Crippen LogP contribution in [0.4, 0.5) is 0 Å². The number of carbonyl (C=O) groups is 1. The van der Waals surface area contributed by atoms with Crippen molar-refractivity contribution in [2.24, 2.45) is 0 Å². The highest BCUT2D eigenvalue weighted by Gasteiger charge is 2.01. The molecule has 0 fully saturated rings. The Bertz CT molecular complexity index is 243. The molecule has 0 heterocycles. The maximum absolute atomic E-state index is 10.9. The van der Waals surface area contributed by atoms with Crippen LogP contribution in [-0.2, 0) is 14.3 Å². The molecule has 5 heteroatoms. The zero-order chi connectivity index (χ0) is 14.7. The molecule has 0 rings (SSSR count). The molecule has 0 saturated carbocycles. The first-order valence-electron chi connectivity index (χ1n) is 6.71. The van der Waals surface area contributed by atoms with Crippen LogP contribution < -0.4 is 5.32 Å². The summed E-state index contributed by atoms with van der Waals surface area (Å²) in [6.07, 6.45) is 0. The molecule has 19 heavy (non-hydrogen) atoms. The van der Waals surface area contributed by atoms with E-state index in [1.165, 1.54) is 0 Å². The van der Waals surface area contributed by atoms with E-state index in [9.17, 15) is 4.79 Å². The Labute approximate surface area is 116 Å². The van der Waals surface area contributed by atoms with Crippen LogP contribution in [0.2, 0.25) is 0 Å². The van der Waals surface area contributed by atoms with E-state index < -0.39 is 0 Å². The van der Waals surface area contributed by atoms with Gasteiger partial charge in [0.1, 0.15) is 0 Å². The fourth-order valence-electron chi connectivity index (χ4n) is 1.20. The highest BCUT2D eigenvalue weighted by molar-refractivity contribution is 5.72. The predicted molar refractivity (Wildman–Crippen MR) is 77.2 cm³/mol. The second kappa shape index (κ2) is 11.0. The van der Waals surface area contributed by atoms with Crippen molar-refractivity contribution in [3.05, 3.63) is 12.2 Å². The number of carbonyl (C=O) groups excluding carboxylic acids is 1. The number of hydrogen-bond donors (Lipinski definition) is 1. The molecular weight excluding hydrogens is 244 g/mol. The van der Waals surface area contributed by atoms with Gasteiger partial charge in [0.25, 0.3) is 0 Å². The molecule has 0 saturated heterocycles. The summed E-state index contributed by atoms with van der Waals surface area (Å²) in [4.78, 5) is 12.5. The Hall–Kier alpha value is -0.910. The lowest BCUT2D eigenvalue weighted by atomic mass is 10.2. The normalized spacial score (nSPS) is 12.2. The Balaban J connectivity index is 3.24. The topological polar surface area (TPSA) is 50.8 Å². The van der Waals surface area contributed by atoms with E-state index in [-0.39, 0.29) is 5.91 Å². The van der Waals surface area contributed by atoms with E-state index in [4.69, 9.17) is 9.47 Å². The van der Waals surface area contributed by atoms with Gasteiger partial charge in [-0.05, 0) is 13.8 Å². The molecule has 0 aliphatic rings. The average molecular weight is 272 g/mol. The zero-order valence-electron chi connectivity index (χ0n) is 12.7. The fraction of sp³-hybridized carbons (Fsp3) is 0.786. The highest BCUT2D eigenvalue weighted by atomic mass is 16.5. The maximum Gasteiger partial charge on any atom is 0.219 e. The number of likely N-dealkylation sites (N-methyl/N-ethyl adjacent to an activating group) is 1. The van der Waals surface area contributed by atoms with Gasteiger partial charge in [0.15, 0.2) is 0 Å². The number of nitrogens with zero attached hydrogens (tertiary/aromatic N) is 1. The summed E-state index contributed by atoms with van der Waals surface area (Å²) in [7, 11) is 1.76. The minimum absolute atomic E-state index is 0.0533. The fourth-order valence-corrected chi connectivity index (χ4v) is 1.20. The monoisotopic (exact) mass is 272 g/mol. The summed E-state index contributed by atoms with van der Waals surface area (Å²) in [5.74, 6) is 0.0533. The van der Waals surface area contributed by atoms with Gasteiger partial charge < -0.3 is 19.7 Å². The van der Waals surface area contributed by atoms with Crippen molar-refractivity contribution in [1.82, 2.24) is 10.2 Å². The number of amides is 1. The average Bonchev–Trinajstić information content (AvgIpc) is 2.35. The second-order valence-electron chi connectivity index (χ2n) is 4.69. The molecule has 0 aliphatic heterocycles. The van der Waals surface area contributed by atoms with Crippen molar-refractivity contribution < 1.29 is 14.3 Å². The minimum atomic E-state index is 0.0533. The Morgan fingerprint density at radius 3 is 2.32 bits per heavy atom. The number of nitrogens with one attached hydrogen (secondary N) is 1. The molecule has 1 atom stereocenters. The number of hydrogen-bond acceptors (Lipinski definition) is 4. The van der Waals surface area contributed by atoms with Crippen LogP contribution in [0.3, 0.4) is 0 Å². The highest BCUT2D eigenvalue weighted by Crippen LogP contribution is 1.94.